The van der Waals surface area contributed by atoms with Crippen LogP contribution < -0.4 is 5.73 Å². The van der Waals surface area contributed by atoms with Gasteiger partial charge in [-0.25, -0.2) is 0 Å². The molecule has 4 heteroatoms. The van der Waals surface area contributed by atoms with E-state index in [4.69, 9.17) is 10.3 Å². The van der Waals surface area contributed by atoms with Gasteiger partial charge in [0.05, 0.1) is 17.9 Å². The Bertz CT molecular complexity index is 477. The quantitative estimate of drug-likeness (QED) is 0.824. The number of rotatable bonds is 3. The standard InChI is InChI=1S/C12H14N2O2/c1-8(15)5-9-3-2-4-10(6-9)11-7-14-16-12(11)13/h2-4,6-8,15H,5,13H2,1H3. The minimum Gasteiger partial charge on any atom is -0.393 e. The Morgan fingerprint density at radius 1 is 1.50 bits per heavy atom. The SMILES string of the molecule is CC(O)Cc1cccc(-c2cnoc2N)c1. The van der Waals surface area contributed by atoms with Crippen LogP contribution in [0.25, 0.3) is 11.1 Å². The molecule has 84 valence electrons. The van der Waals surface area contributed by atoms with Crippen molar-refractivity contribution in [2.45, 2.75) is 19.4 Å². The highest BCUT2D eigenvalue weighted by atomic mass is 16.5. The molecular weight excluding hydrogens is 204 g/mol. The number of nitrogens with zero attached hydrogens (tertiary/aromatic N) is 1. The van der Waals surface area contributed by atoms with Crippen molar-refractivity contribution >= 4 is 5.88 Å². The summed E-state index contributed by atoms with van der Waals surface area (Å²) in [5.41, 5.74) is 8.45. The van der Waals surface area contributed by atoms with E-state index in [1.54, 1.807) is 13.1 Å². The zero-order valence-electron chi connectivity index (χ0n) is 9.05. The molecule has 1 heterocycles. The summed E-state index contributed by atoms with van der Waals surface area (Å²) in [5, 5.41) is 13.0. The van der Waals surface area contributed by atoms with Gasteiger partial charge in [0.2, 0.25) is 5.88 Å². The van der Waals surface area contributed by atoms with Gasteiger partial charge in [0.1, 0.15) is 0 Å². The molecule has 0 aliphatic rings. The minimum absolute atomic E-state index is 0.314. The molecule has 0 aliphatic carbocycles. The largest absolute Gasteiger partial charge is 0.393 e. The maximum Gasteiger partial charge on any atom is 0.229 e. The van der Waals surface area contributed by atoms with Gasteiger partial charge in [-0.05, 0) is 24.5 Å². The van der Waals surface area contributed by atoms with Crippen molar-refractivity contribution < 1.29 is 9.63 Å². The van der Waals surface area contributed by atoms with Crippen LogP contribution in [0.3, 0.4) is 0 Å². The number of benzene rings is 1. The van der Waals surface area contributed by atoms with Gasteiger partial charge >= 0.3 is 0 Å². The summed E-state index contributed by atoms with van der Waals surface area (Å²) in [5.74, 6) is 0.314. The number of hydrogen-bond acceptors (Lipinski definition) is 4. The van der Waals surface area contributed by atoms with Crippen LogP contribution in [-0.2, 0) is 6.42 Å². The van der Waals surface area contributed by atoms with Gasteiger partial charge in [-0.1, -0.05) is 29.4 Å². The van der Waals surface area contributed by atoms with Crippen molar-refractivity contribution in [1.82, 2.24) is 5.16 Å². The Balaban J connectivity index is 2.33. The van der Waals surface area contributed by atoms with E-state index in [1.165, 1.54) is 0 Å². The van der Waals surface area contributed by atoms with E-state index in [1.807, 2.05) is 24.3 Å². The van der Waals surface area contributed by atoms with Crippen LogP contribution in [0.15, 0.2) is 35.0 Å². The van der Waals surface area contributed by atoms with Crippen molar-refractivity contribution in [3.8, 4) is 11.1 Å². The lowest BCUT2D eigenvalue weighted by Crippen LogP contribution is -2.03. The molecule has 0 saturated heterocycles. The summed E-state index contributed by atoms with van der Waals surface area (Å²) in [7, 11) is 0. The monoisotopic (exact) mass is 218 g/mol. The lowest BCUT2D eigenvalue weighted by molar-refractivity contribution is 0.195. The summed E-state index contributed by atoms with van der Waals surface area (Å²) < 4.78 is 4.82. The van der Waals surface area contributed by atoms with E-state index in [-0.39, 0.29) is 6.10 Å². The lowest BCUT2D eigenvalue weighted by Gasteiger charge is -2.06. The Morgan fingerprint density at radius 2 is 2.31 bits per heavy atom. The van der Waals surface area contributed by atoms with Crippen LogP contribution >= 0.6 is 0 Å². The smallest absolute Gasteiger partial charge is 0.229 e. The Morgan fingerprint density at radius 3 is 2.94 bits per heavy atom. The van der Waals surface area contributed by atoms with E-state index in [9.17, 15) is 5.11 Å². The van der Waals surface area contributed by atoms with Crippen molar-refractivity contribution in [3.63, 3.8) is 0 Å². The van der Waals surface area contributed by atoms with Crippen molar-refractivity contribution in [1.29, 1.82) is 0 Å². The summed E-state index contributed by atoms with van der Waals surface area (Å²) in [4.78, 5) is 0. The van der Waals surface area contributed by atoms with Crippen molar-refractivity contribution in [3.05, 3.63) is 36.0 Å². The third kappa shape index (κ3) is 2.23. The van der Waals surface area contributed by atoms with Gasteiger partial charge in [0, 0.05) is 0 Å². The lowest BCUT2D eigenvalue weighted by atomic mass is 10.0. The molecule has 2 rings (SSSR count). The second-order valence-corrected chi connectivity index (χ2v) is 3.86. The van der Waals surface area contributed by atoms with Gasteiger partial charge in [-0.2, -0.15) is 0 Å². The van der Waals surface area contributed by atoms with Crippen molar-refractivity contribution in [2.24, 2.45) is 0 Å². The summed E-state index contributed by atoms with van der Waals surface area (Å²) in [6, 6.07) is 7.82. The summed E-state index contributed by atoms with van der Waals surface area (Å²) >= 11 is 0. The van der Waals surface area contributed by atoms with E-state index in [2.05, 4.69) is 5.16 Å². The molecule has 1 atom stereocenters. The van der Waals surface area contributed by atoms with Crippen LogP contribution in [0.5, 0.6) is 0 Å². The number of anilines is 1. The number of aliphatic hydroxyl groups is 1. The zero-order chi connectivity index (χ0) is 11.5. The average Bonchev–Trinajstić information content (AvgIpc) is 2.64. The normalized spacial score (nSPS) is 12.6. The molecule has 1 aromatic carbocycles. The van der Waals surface area contributed by atoms with E-state index < -0.39 is 0 Å². The van der Waals surface area contributed by atoms with Crippen LogP contribution in [-0.4, -0.2) is 16.4 Å². The number of nitrogens with two attached hydrogens (primary N) is 1. The fourth-order valence-electron chi connectivity index (χ4n) is 1.67. The first-order valence-corrected chi connectivity index (χ1v) is 5.14. The molecule has 1 aromatic heterocycles. The molecule has 0 saturated carbocycles. The first kappa shape index (κ1) is 10.7. The number of aromatic nitrogens is 1. The third-order valence-electron chi connectivity index (χ3n) is 2.37. The van der Waals surface area contributed by atoms with Gasteiger partial charge < -0.3 is 15.4 Å². The number of hydrogen-bond donors (Lipinski definition) is 2. The zero-order valence-corrected chi connectivity index (χ0v) is 9.05. The van der Waals surface area contributed by atoms with Crippen LogP contribution in [0.2, 0.25) is 0 Å². The molecule has 16 heavy (non-hydrogen) atoms. The predicted molar refractivity (Wildman–Crippen MR) is 61.7 cm³/mol. The molecule has 0 aliphatic heterocycles. The average molecular weight is 218 g/mol. The van der Waals surface area contributed by atoms with Gasteiger partial charge in [0.15, 0.2) is 0 Å². The maximum atomic E-state index is 9.33. The Hall–Kier alpha value is -1.81. The van der Waals surface area contributed by atoms with Crippen molar-refractivity contribution in [2.75, 3.05) is 5.73 Å². The summed E-state index contributed by atoms with van der Waals surface area (Å²) in [6.07, 6.45) is 1.87. The molecule has 4 nitrogen and oxygen atoms in total. The molecule has 3 N–H and O–H groups in total. The maximum absolute atomic E-state index is 9.33. The highest BCUT2D eigenvalue weighted by Gasteiger charge is 2.08. The fourth-order valence-corrected chi connectivity index (χ4v) is 1.67. The number of aliphatic hydroxyl groups excluding tert-OH is 1. The van der Waals surface area contributed by atoms with Gasteiger partial charge in [0.25, 0.3) is 0 Å². The molecule has 0 fully saturated rings. The van der Waals surface area contributed by atoms with Gasteiger partial charge in [-0.15, -0.1) is 0 Å². The van der Waals surface area contributed by atoms with Crippen LogP contribution in [0.1, 0.15) is 12.5 Å². The highest BCUT2D eigenvalue weighted by Crippen LogP contribution is 2.26. The van der Waals surface area contributed by atoms with E-state index >= 15 is 0 Å². The van der Waals surface area contributed by atoms with Crippen LogP contribution in [0, 0.1) is 0 Å². The Kier molecular flexibility index (Phi) is 2.92. The third-order valence-corrected chi connectivity index (χ3v) is 2.37. The molecular formula is C12H14N2O2. The topological polar surface area (TPSA) is 72.3 Å². The molecule has 1 unspecified atom stereocenters. The van der Waals surface area contributed by atoms with Gasteiger partial charge in [-0.3, -0.25) is 0 Å². The number of nitrogen functional groups attached to an aromatic ring is 1. The minimum atomic E-state index is -0.352. The molecule has 0 spiro atoms. The predicted octanol–water partition coefficient (Wildman–Crippen LogP) is 1.85. The highest BCUT2D eigenvalue weighted by molar-refractivity contribution is 5.72. The second kappa shape index (κ2) is 4.37. The Labute approximate surface area is 93.7 Å². The van der Waals surface area contributed by atoms with E-state index in [0.717, 1.165) is 16.7 Å². The summed E-state index contributed by atoms with van der Waals surface area (Å²) in [6.45, 7) is 1.76. The van der Waals surface area contributed by atoms with Crippen LogP contribution in [0.4, 0.5) is 5.88 Å². The molecule has 0 bridgehead atoms. The van der Waals surface area contributed by atoms with E-state index in [0.29, 0.717) is 12.3 Å². The molecule has 2 aromatic rings. The fraction of sp³-hybridized carbons (Fsp3) is 0.250. The second-order valence-electron chi connectivity index (χ2n) is 3.86. The first-order valence-electron chi connectivity index (χ1n) is 5.14. The molecule has 0 amide bonds. The molecule has 0 radical (unpaired) electrons. The first-order chi connectivity index (χ1) is 7.66.